The minimum absolute atomic E-state index is 0.00556. The van der Waals surface area contributed by atoms with Crippen molar-refractivity contribution < 1.29 is 22.7 Å². The Morgan fingerprint density at radius 3 is 2.37 bits per heavy atom. The Morgan fingerprint density at radius 1 is 1.04 bits per heavy atom. The third-order valence-corrected chi connectivity index (χ3v) is 10.8. The molecule has 3 aromatic carbocycles. The van der Waals surface area contributed by atoms with Crippen molar-refractivity contribution in [2.24, 2.45) is 4.99 Å². The molecule has 13 heteroatoms. The Morgan fingerprint density at radius 2 is 1.73 bits per heavy atom. The van der Waals surface area contributed by atoms with Crippen molar-refractivity contribution in [2.45, 2.75) is 17.9 Å². The highest BCUT2D eigenvalue weighted by atomic mass is 32.2. The van der Waals surface area contributed by atoms with Gasteiger partial charge in [0.15, 0.2) is 4.80 Å². The zero-order valence-electron chi connectivity index (χ0n) is 27.2. The van der Waals surface area contributed by atoms with Crippen LogP contribution in [-0.4, -0.2) is 60.9 Å². The minimum atomic E-state index is -3.63. The van der Waals surface area contributed by atoms with Gasteiger partial charge in [0.2, 0.25) is 10.0 Å². The average molecular weight is 696 g/mol. The number of benzene rings is 3. The van der Waals surface area contributed by atoms with Gasteiger partial charge in [0, 0.05) is 31.4 Å². The van der Waals surface area contributed by atoms with Gasteiger partial charge in [0.1, 0.15) is 12.4 Å². The van der Waals surface area contributed by atoms with Crippen LogP contribution in [0.1, 0.15) is 24.1 Å². The summed E-state index contributed by atoms with van der Waals surface area (Å²) in [5.74, 6) is 0.0327. The molecular formula is C36H33N5O6S2. The van der Waals surface area contributed by atoms with Gasteiger partial charge in [-0.3, -0.25) is 9.36 Å². The topological polar surface area (TPSA) is 125 Å². The first kappa shape index (κ1) is 33.5. The van der Waals surface area contributed by atoms with Crippen LogP contribution < -0.4 is 19.6 Å². The van der Waals surface area contributed by atoms with E-state index in [1.54, 1.807) is 49.1 Å². The SMILES string of the molecule is C=CCOC(=O)C1=C(C)N=c2sc(=Cc3cn(-c4ccccc4)nc3-c3ccc(S(=O)(=O)N(C)C)cc3)c(=O)n2C1c1ccc(OC)cc1. The smallest absolute Gasteiger partial charge is 0.338 e. The average Bonchev–Trinajstić information content (AvgIpc) is 3.67. The molecule has 1 aliphatic heterocycles. The fourth-order valence-corrected chi connectivity index (χ4v) is 7.40. The van der Waals surface area contributed by atoms with Crippen LogP contribution in [0.15, 0.2) is 124 Å². The maximum atomic E-state index is 14.3. The molecule has 250 valence electrons. The van der Waals surface area contributed by atoms with Crippen molar-refractivity contribution in [3.63, 3.8) is 0 Å². The van der Waals surface area contributed by atoms with Crippen LogP contribution in [0.3, 0.4) is 0 Å². The number of thiazole rings is 1. The maximum Gasteiger partial charge on any atom is 0.338 e. The lowest BCUT2D eigenvalue weighted by molar-refractivity contribution is -0.138. The summed E-state index contributed by atoms with van der Waals surface area (Å²) in [5, 5.41) is 4.85. The molecule has 6 rings (SSSR count). The van der Waals surface area contributed by atoms with E-state index in [0.717, 1.165) is 9.99 Å². The quantitative estimate of drug-likeness (QED) is 0.159. The van der Waals surface area contributed by atoms with Gasteiger partial charge in [-0.2, -0.15) is 5.10 Å². The number of allylic oxidation sites excluding steroid dienone is 1. The third kappa shape index (κ3) is 6.43. The zero-order valence-corrected chi connectivity index (χ0v) is 28.9. The molecule has 0 aliphatic carbocycles. The molecule has 49 heavy (non-hydrogen) atoms. The summed E-state index contributed by atoms with van der Waals surface area (Å²) in [6, 6.07) is 22.3. The Bertz CT molecular complexity index is 2370. The Kier molecular flexibility index (Phi) is 9.32. The lowest BCUT2D eigenvalue weighted by Crippen LogP contribution is -2.39. The summed E-state index contributed by atoms with van der Waals surface area (Å²) >= 11 is 1.20. The van der Waals surface area contributed by atoms with Gasteiger partial charge >= 0.3 is 5.97 Å². The number of aromatic nitrogens is 3. The molecule has 0 radical (unpaired) electrons. The minimum Gasteiger partial charge on any atom is -0.497 e. The van der Waals surface area contributed by atoms with Gasteiger partial charge in [-0.25, -0.2) is 27.2 Å². The molecular weight excluding hydrogens is 663 g/mol. The molecule has 1 aliphatic rings. The van der Waals surface area contributed by atoms with Crippen LogP contribution in [0.4, 0.5) is 0 Å². The third-order valence-electron chi connectivity index (χ3n) is 7.96. The Hall–Kier alpha value is -5.37. The van der Waals surface area contributed by atoms with Crippen LogP contribution in [0, 0.1) is 0 Å². The number of fused-ring (bicyclic) bond motifs is 1. The first-order chi connectivity index (χ1) is 23.5. The normalized spacial score (nSPS) is 14.8. The summed E-state index contributed by atoms with van der Waals surface area (Å²) < 4.78 is 41.0. The van der Waals surface area contributed by atoms with E-state index in [-0.39, 0.29) is 22.6 Å². The number of sulfonamides is 1. The highest BCUT2D eigenvalue weighted by molar-refractivity contribution is 7.89. The summed E-state index contributed by atoms with van der Waals surface area (Å²) in [7, 11) is 0.887. The molecule has 0 saturated heterocycles. The van der Waals surface area contributed by atoms with Crippen LogP contribution in [-0.2, 0) is 19.6 Å². The van der Waals surface area contributed by atoms with E-state index < -0.39 is 22.0 Å². The predicted octanol–water partition coefficient (Wildman–Crippen LogP) is 4.08. The van der Waals surface area contributed by atoms with Crippen molar-refractivity contribution in [1.29, 1.82) is 0 Å². The molecule has 11 nitrogen and oxygen atoms in total. The second kappa shape index (κ2) is 13.6. The Labute approximate surface area is 287 Å². The van der Waals surface area contributed by atoms with E-state index in [1.807, 2.05) is 48.7 Å². The van der Waals surface area contributed by atoms with E-state index >= 15 is 0 Å². The van der Waals surface area contributed by atoms with Crippen molar-refractivity contribution in [1.82, 2.24) is 18.7 Å². The number of hydrogen-bond acceptors (Lipinski definition) is 9. The Balaban J connectivity index is 1.53. The van der Waals surface area contributed by atoms with Crippen LogP contribution in [0.2, 0.25) is 0 Å². The van der Waals surface area contributed by atoms with Crippen molar-refractivity contribution in [3.05, 3.63) is 140 Å². The number of esters is 1. The number of methoxy groups -OCH3 is 1. The van der Waals surface area contributed by atoms with Crippen LogP contribution in [0.25, 0.3) is 23.0 Å². The molecule has 2 aromatic heterocycles. The summed E-state index contributed by atoms with van der Waals surface area (Å²) in [6.45, 7) is 5.36. The molecule has 0 bridgehead atoms. The molecule has 5 aromatic rings. The van der Waals surface area contributed by atoms with Crippen LogP contribution >= 0.6 is 11.3 Å². The standard InChI is InChI=1S/C36H33N5O6S2/c1-6-20-47-35(43)31-23(2)37-36-41(33(31)25-12-16-28(46-5)17-13-25)34(42)30(48-36)21-26-22-40(27-10-8-7-9-11-27)38-32(26)24-14-18-29(19-15-24)49(44,45)39(3)4/h6-19,21-22,33H,1,20H2,2-5H3. The molecule has 3 heterocycles. The lowest BCUT2D eigenvalue weighted by Gasteiger charge is -2.24. The molecule has 0 N–H and O–H groups in total. The monoisotopic (exact) mass is 695 g/mol. The van der Waals surface area contributed by atoms with E-state index in [1.165, 1.54) is 48.2 Å². The zero-order chi connectivity index (χ0) is 34.9. The summed E-state index contributed by atoms with van der Waals surface area (Å²) in [5.41, 5.74) is 3.64. The molecule has 1 unspecified atom stereocenters. The van der Waals surface area contributed by atoms with Crippen molar-refractivity contribution in [3.8, 4) is 22.7 Å². The maximum absolute atomic E-state index is 14.3. The number of hydrogen-bond donors (Lipinski definition) is 0. The summed E-state index contributed by atoms with van der Waals surface area (Å²) in [4.78, 5) is 32.9. The van der Waals surface area contributed by atoms with Crippen molar-refractivity contribution >= 4 is 33.4 Å². The van der Waals surface area contributed by atoms with Crippen LogP contribution in [0.5, 0.6) is 5.75 Å². The lowest BCUT2D eigenvalue weighted by atomic mass is 9.96. The number of para-hydroxylation sites is 1. The number of carbonyl (C=O) groups is 1. The van der Waals surface area contributed by atoms with Gasteiger partial charge in [0.05, 0.1) is 45.2 Å². The number of carbonyl (C=O) groups excluding carboxylic acids is 1. The second-order valence-electron chi connectivity index (χ2n) is 11.3. The number of rotatable bonds is 10. The molecule has 0 amide bonds. The summed E-state index contributed by atoms with van der Waals surface area (Å²) in [6.07, 6.45) is 5.04. The van der Waals surface area contributed by atoms with Gasteiger partial charge in [-0.05, 0) is 55.0 Å². The second-order valence-corrected chi connectivity index (χ2v) is 14.4. The van der Waals surface area contributed by atoms with E-state index in [0.29, 0.717) is 43.2 Å². The first-order valence-electron chi connectivity index (χ1n) is 15.2. The highest BCUT2D eigenvalue weighted by Crippen LogP contribution is 2.32. The van der Waals surface area contributed by atoms with Gasteiger partial charge in [-0.15, -0.1) is 0 Å². The van der Waals surface area contributed by atoms with E-state index in [2.05, 4.69) is 11.6 Å². The molecule has 0 spiro atoms. The predicted molar refractivity (Wildman–Crippen MR) is 188 cm³/mol. The number of ether oxygens (including phenoxy) is 2. The van der Waals surface area contributed by atoms with E-state index in [9.17, 15) is 18.0 Å². The highest BCUT2D eigenvalue weighted by Gasteiger charge is 2.33. The molecule has 0 fully saturated rings. The fourth-order valence-electron chi connectivity index (χ4n) is 5.46. The number of nitrogens with zero attached hydrogens (tertiary/aromatic N) is 5. The van der Waals surface area contributed by atoms with Gasteiger partial charge in [0.25, 0.3) is 5.56 Å². The van der Waals surface area contributed by atoms with E-state index in [4.69, 9.17) is 14.6 Å². The molecule has 0 saturated carbocycles. The fraction of sp³-hybridized carbons (Fsp3) is 0.167. The van der Waals surface area contributed by atoms with Gasteiger partial charge < -0.3 is 9.47 Å². The largest absolute Gasteiger partial charge is 0.497 e. The first-order valence-corrected chi connectivity index (χ1v) is 17.4. The van der Waals surface area contributed by atoms with Gasteiger partial charge in [-0.1, -0.05) is 66.5 Å². The van der Waals surface area contributed by atoms with Crippen molar-refractivity contribution in [2.75, 3.05) is 27.8 Å². The molecule has 1 atom stereocenters.